The average molecular weight is 424 g/mol. The summed E-state index contributed by atoms with van der Waals surface area (Å²) in [6, 6.07) is 10.3. The van der Waals surface area contributed by atoms with E-state index in [0.29, 0.717) is 19.1 Å². The van der Waals surface area contributed by atoms with Gasteiger partial charge in [0.2, 0.25) is 0 Å². The SMILES string of the molecule is CC(C)c1cc(O)c(O)c(C(=O)N2Cc3ccc(N4CCN(C(C)C)CC4)cc3C2)c1. The Morgan fingerprint density at radius 1 is 0.903 bits per heavy atom. The first-order chi connectivity index (χ1) is 14.7. The Bertz CT molecular complexity index is 978. The van der Waals surface area contributed by atoms with Gasteiger partial charge in [0.25, 0.3) is 5.91 Å². The number of phenolic OH excluding ortho intramolecular Hbond substituents is 2. The highest BCUT2D eigenvalue weighted by atomic mass is 16.3. The fourth-order valence-corrected chi connectivity index (χ4v) is 4.53. The zero-order valence-electron chi connectivity index (χ0n) is 18.9. The second-order valence-electron chi connectivity index (χ2n) is 9.32. The molecule has 0 radical (unpaired) electrons. The fourth-order valence-electron chi connectivity index (χ4n) is 4.53. The third kappa shape index (κ3) is 4.22. The van der Waals surface area contributed by atoms with Gasteiger partial charge in [-0.3, -0.25) is 9.69 Å². The van der Waals surface area contributed by atoms with E-state index in [2.05, 4.69) is 41.8 Å². The topological polar surface area (TPSA) is 67.2 Å². The maximum atomic E-state index is 13.2. The molecule has 31 heavy (non-hydrogen) atoms. The van der Waals surface area contributed by atoms with Crippen LogP contribution in [0.2, 0.25) is 0 Å². The zero-order chi connectivity index (χ0) is 22.3. The standard InChI is InChI=1S/C25H33N3O3/c1-16(2)19-12-22(24(30)23(29)13-19)25(31)28-14-18-5-6-21(11-20(18)15-28)27-9-7-26(8-10-27)17(3)4/h5-6,11-13,16-17,29-30H,7-10,14-15H2,1-4H3. The quantitative estimate of drug-likeness (QED) is 0.730. The predicted octanol–water partition coefficient (Wildman–Crippen LogP) is 3.91. The molecule has 0 atom stereocenters. The molecule has 6 heteroatoms. The molecule has 1 fully saturated rings. The van der Waals surface area contributed by atoms with Crippen molar-refractivity contribution in [1.29, 1.82) is 0 Å². The molecule has 2 aliphatic rings. The minimum Gasteiger partial charge on any atom is -0.504 e. The minimum absolute atomic E-state index is 0.146. The summed E-state index contributed by atoms with van der Waals surface area (Å²) in [5.41, 5.74) is 4.50. The molecule has 4 rings (SSSR count). The molecule has 0 aromatic heterocycles. The van der Waals surface area contributed by atoms with Gasteiger partial charge >= 0.3 is 0 Å². The van der Waals surface area contributed by atoms with Crippen LogP contribution in [0.25, 0.3) is 0 Å². The zero-order valence-corrected chi connectivity index (χ0v) is 18.9. The second-order valence-corrected chi connectivity index (χ2v) is 9.32. The summed E-state index contributed by atoms with van der Waals surface area (Å²) in [6.07, 6.45) is 0. The normalized spacial score (nSPS) is 17.0. The summed E-state index contributed by atoms with van der Waals surface area (Å²) in [5, 5.41) is 20.4. The first kappa shape index (κ1) is 21.5. The first-order valence-electron chi connectivity index (χ1n) is 11.2. The maximum absolute atomic E-state index is 13.2. The van der Waals surface area contributed by atoms with Crippen molar-refractivity contribution in [3.63, 3.8) is 0 Å². The Kier molecular flexibility index (Phi) is 5.84. The highest BCUT2D eigenvalue weighted by Gasteiger charge is 2.28. The summed E-state index contributed by atoms with van der Waals surface area (Å²) in [6.45, 7) is 13.6. The fraction of sp³-hybridized carbons (Fsp3) is 0.480. The van der Waals surface area contributed by atoms with Crippen LogP contribution >= 0.6 is 0 Å². The summed E-state index contributed by atoms with van der Waals surface area (Å²) in [4.78, 5) is 19.8. The van der Waals surface area contributed by atoms with Crippen molar-refractivity contribution in [3.8, 4) is 11.5 Å². The lowest BCUT2D eigenvalue weighted by molar-refractivity contribution is 0.0747. The van der Waals surface area contributed by atoms with Gasteiger partial charge in [-0.2, -0.15) is 0 Å². The summed E-state index contributed by atoms with van der Waals surface area (Å²) < 4.78 is 0. The van der Waals surface area contributed by atoms with Crippen molar-refractivity contribution in [3.05, 3.63) is 52.6 Å². The van der Waals surface area contributed by atoms with Crippen LogP contribution in [0, 0.1) is 0 Å². The molecular formula is C25H33N3O3. The van der Waals surface area contributed by atoms with Crippen molar-refractivity contribution in [1.82, 2.24) is 9.80 Å². The van der Waals surface area contributed by atoms with Crippen molar-refractivity contribution >= 4 is 11.6 Å². The second kappa shape index (κ2) is 8.42. The van der Waals surface area contributed by atoms with Gasteiger partial charge in [0.1, 0.15) is 0 Å². The largest absolute Gasteiger partial charge is 0.504 e. The summed E-state index contributed by atoms with van der Waals surface area (Å²) in [7, 11) is 0. The lowest BCUT2D eigenvalue weighted by Gasteiger charge is -2.38. The maximum Gasteiger partial charge on any atom is 0.258 e. The van der Waals surface area contributed by atoms with Crippen LogP contribution in [0.1, 0.15) is 60.7 Å². The van der Waals surface area contributed by atoms with Crippen LogP contribution in [0.4, 0.5) is 5.69 Å². The molecule has 0 saturated carbocycles. The molecule has 2 heterocycles. The number of hydrogen-bond donors (Lipinski definition) is 2. The Morgan fingerprint density at radius 3 is 2.23 bits per heavy atom. The minimum atomic E-state index is -0.339. The Morgan fingerprint density at radius 2 is 1.58 bits per heavy atom. The van der Waals surface area contributed by atoms with Gasteiger partial charge in [0.15, 0.2) is 11.5 Å². The van der Waals surface area contributed by atoms with Crippen LogP contribution in [0.15, 0.2) is 30.3 Å². The van der Waals surface area contributed by atoms with E-state index in [0.717, 1.165) is 42.9 Å². The summed E-state index contributed by atoms with van der Waals surface area (Å²) in [5.74, 6) is -0.686. The van der Waals surface area contributed by atoms with Crippen LogP contribution in [0.5, 0.6) is 11.5 Å². The first-order valence-corrected chi connectivity index (χ1v) is 11.2. The monoisotopic (exact) mass is 423 g/mol. The number of piperazine rings is 1. The average Bonchev–Trinajstić information content (AvgIpc) is 3.18. The molecule has 1 saturated heterocycles. The molecule has 6 nitrogen and oxygen atoms in total. The van der Waals surface area contributed by atoms with Crippen LogP contribution in [0.3, 0.4) is 0 Å². The summed E-state index contributed by atoms with van der Waals surface area (Å²) >= 11 is 0. The van der Waals surface area contributed by atoms with Gasteiger partial charge in [-0.15, -0.1) is 0 Å². The van der Waals surface area contributed by atoms with Crippen LogP contribution in [-0.4, -0.2) is 58.1 Å². The van der Waals surface area contributed by atoms with E-state index < -0.39 is 0 Å². The predicted molar refractivity (Wildman–Crippen MR) is 123 cm³/mol. The number of fused-ring (bicyclic) bond motifs is 1. The molecule has 2 aliphatic heterocycles. The molecule has 0 bridgehead atoms. The van der Waals surface area contributed by atoms with E-state index in [9.17, 15) is 15.0 Å². The van der Waals surface area contributed by atoms with Crippen molar-refractivity contribution in [2.45, 2.75) is 52.7 Å². The number of rotatable bonds is 4. The Labute approximate surface area is 184 Å². The molecular weight excluding hydrogens is 390 g/mol. The van der Waals surface area contributed by atoms with Crippen molar-refractivity contribution in [2.75, 3.05) is 31.1 Å². The van der Waals surface area contributed by atoms with Gasteiger partial charge in [0, 0.05) is 51.0 Å². The molecule has 2 aromatic carbocycles. The van der Waals surface area contributed by atoms with E-state index in [4.69, 9.17) is 0 Å². The van der Waals surface area contributed by atoms with Crippen molar-refractivity contribution in [2.24, 2.45) is 0 Å². The number of nitrogens with zero attached hydrogens (tertiary/aromatic N) is 3. The van der Waals surface area contributed by atoms with E-state index in [1.54, 1.807) is 11.0 Å². The van der Waals surface area contributed by atoms with E-state index >= 15 is 0 Å². The van der Waals surface area contributed by atoms with Crippen LogP contribution < -0.4 is 4.90 Å². The Hall–Kier alpha value is -2.73. The molecule has 0 unspecified atom stereocenters. The number of phenols is 2. The van der Waals surface area contributed by atoms with E-state index in [-0.39, 0.29) is 28.9 Å². The van der Waals surface area contributed by atoms with Gasteiger partial charge in [-0.25, -0.2) is 0 Å². The number of carbonyl (C=O) groups is 1. The smallest absolute Gasteiger partial charge is 0.258 e. The van der Waals surface area contributed by atoms with E-state index in [1.165, 1.54) is 11.8 Å². The number of carbonyl (C=O) groups excluding carboxylic acids is 1. The third-order valence-electron chi connectivity index (χ3n) is 6.62. The van der Waals surface area contributed by atoms with Gasteiger partial charge in [0.05, 0.1) is 5.56 Å². The van der Waals surface area contributed by atoms with Crippen LogP contribution in [-0.2, 0) is 13.1 Å². The molecule has 0 aliphatic carbocycles. The molecule has 2 N–H and O–H groups in total. The lowest BCUT2D eigenvalue weighted by atomic mass is 9.99. The molecule has 166 valence electrons. The third-order valence-corrected chi connectivity index (χ3v) is 6.62. The highest BCUT2D eigenvalue weighted by molar-refractivity contribution is 5.98. The Balaban J connectivity index is 1.50. The molecule has 1 amide bonds. The van der Waals surface area contributed by atoms with Gasteiger partial charge in [-0.05, 0) is 60.7 Å². The van der Waals surface area contributed by atoms with E-state index in [1.807, 2.05) is 13.8 Å². The number of amides is 1. The molecule has 0 spiro atoms. The number of benzene rings is 2. The lowest BCUT2D eigenvalue weighted by Crippen LogP contribution is -2.48. The number of anilines is 1. The molecule has 2 aromatic rings. The van der Waals surface area contributed by atoms with Crippen molar-refractivity contribution < 1.29 is 15.0 Å². The van der Waals surface area contributed by atoms with Gasteiger partial charge in [-0.1, -0.05) is 19.9 Å². The number of aromatic hydroxyl groups is 2. The number of hydrogen-bond acceptors (Lipinski definition) is 5. The van der Waals surface area contributed by atoms with Gasteiger partial charge < -0.3 is 20.0 Å². The highest BCUT2D eigenvalue weighted by Crippen LogP contribution is 2.36.